The van der Waals surface area contributed by atoms with Gasteiger partial charge < -0.3 is 10.1 Å². The van der Waals surface area contributed by atoms with Gasteiger partial charge in [0.2, 0.25) is 0 Å². The maximum absolute atomic E-state index is 5.94. The molecule has 0 unspecified atom stereocenters. The number of hydrogen-bond acceptors (Lipinski definition) is 3. The molecular weight excluding hydrogens is 318 g/mol. The number of hydrazone groups is 1. The van der Waals surface area contributed by atoms with Crippen LogP contribution >= 0.6 is 12.2 Å². The van der Waals surface area contributed by atoms with Gasteiger partial charge in [-0.15, -0.1) is 6.58 Å². The number of rotatable bonds is 7. The Morgan fingerprint density at radius 1 is 1.21 bits per heavy atom. The molecule has 0 saturated heterocycles. The highest BCUT2D eigenvalue weighted by Gasteiger charge is 2.06. The van der Waals surface area contributed by atoms with Crippen molar-refractivity contribution in [3.8, 4) is 5.75 Å². The molecule has 0 aromatic heterocycles. The molecule has 124 valence electrons. The Hall–Kier alpha value is -2.66. The molecule has 0 aliphatic rings. The summed E-state index contributed by atoms with van der Waals surface area (Å²) in [6, 6.07) is 17.9. The molecule has 5 heteroatoms. The van der Waals surface area contributed by atoms with Crippen molar-refractivity contribution in [2.24, 2.45) is 5.10 Å². The Labute approximate surface area is 148 Å². The predicted octanol–water partition coefficient (Wildman–Crippen LogP) is 3.81. The van der Waals surface area contributed by atoms with Crippen molar-refractivity contribution >= 4 is 23.5 Å². The highest BCUT2D eigenvalue weighted by Crippen LogP contribution is 2.21. The Morgan fingerprint density at radius 2 is 1.92 bits per heavy atom. The van der Waals surface area contributed by atoms with E-state index in [-0.39, 0.29) is 6.10 Å². The van der Waals surface area contributed by atoms with E-state index in [1.54, 1.807) is 12.3 Å². The number of hydrogen-bond donors (Lipinski definition) is 2. The quantitative estimate of drug-likeness (QED) is 0.348. The minimum atomic E-state index is 0.000641. The summed E-state index contributed by atoms with van der Waals surface area (Å²) in [6.45, 7) is 6.25. The van der Waals surface area contributed by atoms with E-state index in [0.29, 0.717) is 11.7 Å². The fourth-order valence-electron chi connectivity index (χ4n) is 2.00. The Morgan fingerprint density at radius 3 is 2.58 bits per heavy atom. The van der Waals surface area contributed by atoms with Crippen molar-refractivity contribution in [2.45, 2.75) is 13.0 Å². The van der Waals surface area contributed by atoms with Gasteiger partial charge in [0.25, 0.3) is 0 Å². The van der Waals surface area contributed by atoms with Crippen LogP contribution in [0.15, 0.2) is 72.4 Å². The molecule has 2 aromatic rings. The highest BCUT2D eigenvalue weighted by atomic mass is 32.1. The van der Waals surface area contributed by atoms with Crippen LogP contribution < -0.4 is 15.5 Å². The van der Waals surface area contributed by atoms with Gasteiger partial charge in [0, 0.05) is 6.54 Å². The topological polar surface area (TPSA) is 45.7 Å². The summed E-state index contributed by atoms with van der Waals surface area (Å²) >= 11 is 5.05. The summed E-state index contributed by atoms with van der Waals surface area (Å²) in [5, 5.41) is 7.47. The zero-order chi connectivity index (χ0) is 17.2. The molecule has 1 atom stereocenters. The van der Waals surface area contributed by atoms with Crippen molar-refractivity contribution in [1.29, 1.82) is 0 Å². The fraction of sp³-hybridized carbons (Fsp3) is 0.158. The number of ether oxygens (including phenoxy) is 1. The van der Waals surface area contributed by atoms with E-state index in [9.17, 15) is 0 Å². The van der Waals surface area contributed by atoms with E-state index in [1.165, 1.54) is 0 Å². The standard InChI is InChI=1S/C19H21N3OS/c1-3-13-20-19(24)22-21-14-16-9-11-18(12-10-16)23-15(2)17-7-5-4-6-8-17/h3-12,14-15H,1,13H2,2H3,(H2,20,22,24)/b21-14-/t15-/m0/s1. The average Bonchev–Trinajstić information content (AvgIpc) is 2.62. The summed E-state index contributed by atoms with van der Waals surface area (Å²) in [4.78, 5) is 0. The third-order valence-corrected chi connectivity index (χ3v) is 3.48. The molecule has 4 nitrogen and oxygen atoms in total. The highest BCUT2D eigenvalue weighted by molar-refractivity contribution is 7.80. The molecule has 24 heavy (non-hydrogen) atoms. The molecule has 0 aliphatic carbocycles. The number of thiocarbonyl (C=S) groups is 1. The van der Waals surface area contributed by atoms with E-state index < -0.39 is 0 Å². The first-order valence-electron chi connectivity index (χ1n) is 7.68. The predicted molar refractivity (Wildman–Crippen MR) is 103 cm³/mol. The summed E-state index contributed by atoms with van der Waals surface area (Å²) in [7, 11) is 0. The van der Waals surface area contributed by atoms with Gasteiger partial charge in [0.1, 0.15) is 11.9 Å². The van der Waals surface area contributed by atoms with Gasteiger partial charge in [0.15, 0.2) is 5.11 Å². The average molecular weight is 339 g/mol. The van der Waals surface area contributed by atoms with Crippen LogP contribution in [0.1, 0.15) is 24.2 Å². The van der Waals surface area contributed by atoms with Crippen LogP contribution in [0, 0.1) is 0 Å². The zero-order valence-corrected chi connectivity index (χ0v) is 14.4. The summed E-state index contributed by atoms with van der Waals surface area (Å²) < 4.78 is 5.94. The van der Waals surface area contributed by atoms with Crippen molar-refractivity contribution in [3.05, 3.63) is 78.4 Å². The maximum Gasteiger partial charge on any atom is 0.187 e. The molecule has 0 bridgehead atoms. The van der Waals surface area contributed by atoms with Crippen molar-refractivity contribution < 1.29 is 4.74 Å². The molecule has 2 N–H and O–H groups in total. The summed E-state index contributed by atoms with van der Waals surface area (Å²) in [5.41, 5.74) is 4.84. The molecule has 0 saturated carbocycles. The molecule has 0 aliphatic heterocycles. The van der Waals surface area contributed by atoms with E-state index in [2.05, 4.69) is 34.6 Å². The van der Waals surface area contributed by atoms with Crippen LogP contribution in [0.5, 0.6) is 5.75 Å². The zero-order valence-electron chi connectivity index (χ0n) is 13.6. The molecule has 0 spiro atoms. The van der Waals surface area contributed by atoms with Gasteiger partial charge in [-0.25, -0.2) is 0 Å². The van der Waals surface area contributed by atoms with Crippen LogP contribution in [-0.4, -0.2) is 17.9 Å². The Balaban J connectivity index is 1.86. The van der Waals surface area contributed by atoms with Gasteiger partial charge in [-0.1, -0.05) is 36.4 Å². The van der Waals surface area contributed by atoms with Crippen LogP contribution in [0.2, 0.25) is 0 Å². The SMILES string of the molecule is C=CCNC(=S)N/N=C\c1ccc(O[C@@H](C)c2ccccc2)cc1. The van der Waals surface area contributed by atoms with Crippen LogP contribution in [0.25, 0.3) is 0 Å². The lowest BCUT2D eigenvalue weighted by Gasteiger charge is -2.15. The Kier molecular flexibility index (Phi) is 6.98. The van der Waals surface area contributed by atoms with Gasteiger partial charge in [-0.2, -0.15) is 5.10 Å². The minimum absolute atomic E-state index is 0.000641. The number of nitrogens with one attached hydrogen (secondary N) is 2. The van der Waals surface area contributed by atoms with Gasteiger partial charge in [0.05, 0.1) is 6.21 Å². The first kappa shape index (κ1) is 17.7. The fourth-order valence-corrected chi connectivity index (χ4v) is 2.13. The van der Waals surface area contributed by atoms with E-state index in [0.717, 1.165) is 16.9 Å². The van der Waals surface area contributed by atoms with Crippen molar-refractivity contribution in [1.82, 2.24) is 10.7 Å². The number of benzene rings is 2. The third-order valence-electron chi connectivity index (χ3n) is 3.25. The molecule has 0 radical (unpaired) electrons. The smallest absolute Gasteiger partial charge is 0.187 e. The third kappa shape index (κ3) is 5.85. The van der Waals surface area contributed by atoms with Crippen molar-refractivity contribution in [3.63, 3.8) is 0 Å². The van der Waals surface area contributed by atoms with Gasteiger partial charge in [-0.3, -0.25) is 5.43 Å². The number of nitrogens with zero attached hydrogens (tertiary/aromatic N) is 1. The van der Waals surface area contributed by atoms with Gasteiger partial charge >= 0.3 is 0 Å². The first-order chi connectivity index (χ1) is 11.7. The first-order valence-corrected chi connectivity index (χ1v) is 8.09. The van der Waals surface area contributed by atoms with E-state index >= 15 is 0 Å². The lowest BCUT2D eigenvalue weighted by molar-refractivity contribution is 0.227. The second kappa shape index (κ2) is 9.47. The molecule has 0 amide bonds. The van der Waals surface area contributed by atoms with Crippen LogP contribution in [-0.2, 0) is 0 Å². The molecule has 2 rings (SSSR count). The lowest BCUT2D eigenvalue weighted by atomic mass is 10.1. The second-order valence-corrected chi connectivity index (χ2v) is 5.52. The second-order valence-electron chi connectivity index (χ2n) is 5.11. The Bertz CT molecular complexity index is 684. The minimum Gasteiger partial charge on any atom is -0.486 e. The van der Waals surface area contributed by atoms with E-state index in [4.69, 9.17) is 17.0 Å². The lowest BCUT2D eigenvalue weighted by Crippen LogP contribution is -2.31. The van der Waals surface area contributed by atoms with E-state index in [1.807, 2.05) is 49.4 Å². The summed E-state index contributed by atoms with van der Waals surface area (Å²) in [6.07, 6.45) is 3.43. The molecule has 0 fully saturated rings. The monoisotopic (exact) mass is 339 g/mol. The van der Waals surface area contributed by atoms with Crippen LogP contribution in [0.4, 0.5) is 0 Å². The largest absolute Gasteiger partial charge is 0.486 e. The molecule has 0 heterocycles. The van der Waals surface area contributed by atoms with Crippen molar-refractivity contribution in [2.75, 3.05) is 6.54 Å². The molecular formula is C19H21N3OS. The van der Waals surface area contributed by atoms with Gasteiger partial charge in [-0.05, 0) is 54.5 Å². The maximum atomic E-state index is 5.94. The summed E-state index contributed by atoms with van der Waals surface area (Å²) in [5.74, 6) is 0.819. The molecule has 2 aromatic carbocycles. The normalized spacial score (nSPS) is 11.7. The van der Waals surface area contributed by atoms with Crippen LogP contribution in [0.3, 0.4) is 0 Å².